The normalized spacial score (nSPS) is 16.9. The van der Waals surface area contributed by atoms with Crippen molar-refractivity contribution in [3.63, 3.8) is 0 Å². The van der Waals surface area contributed by atoms with Gasteiger partial charge in [-0.2, -0.15) is 9.97 Å². The van der Waals surface area contributed by atoms with Crippen molar-refractivity contribution in [1.29, 1.82) is 0 Å². The number of anilines is 3. The van der Waals surface area contributed by atoms with Gasteiger partial charge < -0.3 is 25.0 Å². The topological polar surface area (TPSA) is 110 Å². The highest BCUT2D eigenvalue weighted by Gasteiger charge is 2.32. The summed E-state index contributed by atoms with van der Waals surface area (Å²) in [7, 11) is 3.70. The molecule has 1 amide bonds. The average molecular weight is 462 g/mol. The minimum atomic E-state index is -0.106. The third kappa shape index (κ3) is 4.87. The van der Waals surface area contributed by atoms with Crippen molar-refractivity contribution in [3.05, 3.63) is 28.4 Å². The molecule has 0 spiro atoms. The second-order valence-electron chi connectivity index (χ2n) is 7.98. The maximum atomic E-state index is 12.7. The Labute approximate surface area is 192 Å². The number of halogens is 1. The molecule has 2 N–H and O–H groups in total. The van der Waals surface area contributed by atoms with Gasteiger partial charge in [-0.05, 0) is 31.6 Å². The number of hydrogen-bond donors (Lipinski definition) is 1. The number of nitrogens with two attached hydrogens (primary N) is 1. The van der Waals surface area contributed by atoms with Gasteiger partial charge in [0.25, 0.3) is 0 Å². The first-order valence-electron chi connectivity index (χ1n) is 10.6. The van der Waals surface area contributed by atoms with Crippen LogP contribution in [-0.2, 0) is 22.5 Å². The van der Waals surface area contributed by atoms with Gasteiger partial charge in [-0.3, -0.25) is 9.69 Å². The maximum Gasteiger partial charge on any atom is 0.320 e. The molecule has 2 aliphatic heterocycles. The number of aromatic nitrogens is 3. The van der Waals surface area contributed by atoms with E-state index < -0.39 is 0 Å². The molecule has 172 valence electrons. The van der Waals surface area contributed by atoms with E-state index in [1.54, 1.807) is 18.2 Å². The van der Waals surface area contributed by atoms with Crippen LogP contribution in [0.1, 0.15) is 17.5 Å². The standard InChI is InChI=1S/C21H28ClN7O3/c1-27-4-3-5-28(7-6-27)20-16(22)10-14(12-24-20)13-29-17(30)11-15-18(23)25-21(26-19(15)29)32-9-8-31-2/h10,12H,3-9,11,13H2,1-2H3,(H2,23,25,26). The molecule has 0 atom stereocenters. The Morgan fingerprint density at radius 3 is 2.78 bits per heavy atom. The minimum Gasteiger partial charge on any atom is -0.461 e. The summed E-state index contributed by atoms with van der Waals surface area (Å²) in [4.78, 5) is 32.0. The zero-order valence-corrected chi connectivity index (χ0v) is 19.1. The summed E-state index contributed by atoms with van der Waals surface area (Å²) in [6, 6.07) is 1.99. The smallest absolute Gasteiger partial charge is 0.320 e. The van der Waals surface area contributed by atoms with Gasteiger partial charge in [-0.1, -0.05) is 11.6 Å². The second kappa shape index (κ2) is 9.85. The zero-order valence-electron chi connectivity index (χ0n) is 18.4. The lowest BCUT2D eigenvalue weighted by molar-refractivity contribution is -0.117. The molecule has 11 heteroatoms. The summed E-state index contributed by atoms with van der Waals surface area (Å²) >= 11 is 6.60. The van der Waals surface area contributed by atoms with Crippen LogP contribution in [0.5, 0.6) is 6.01 Å². The Bertz CT molecular complexity index is 990. The summed E-state index contributed by atoms with van der Waals surface area (Å²) in [5.74, 6) is 1.38. The number of rotatable bonds is 7. The number of ether oxygens (including phenoxy) is 2. The molecule has 1 saturated heterocycles. The molecule has 0 aliphatic carbocycles. The molecule has 0 saturated carbocycles. The molecule has 0 radical (unpaired) electrons. The Balaban J connectivity index is 1.52. The monoisotopic (exact) mass is 461 g/mol. The van der Waals surface area contributed by atoms with Gasteiger partial charge in [-0.15, -0.1) is 0 Å². The molecule has 0 unspecified atom stereocenters. The van der Waals surface area contributed by atoms with Crippen molar-refractivity contribution in [2.75, 3.05) is 69.1 Å². The Hall–Kier alpha value is -2.69. The van der Waals surface area contributed by atoms with Gasteiger partial charge in [0.15, 0.2) is 0 Å². The molecule has 4 rings (SSSR count). The fourth-order valence-electron chi connectivity index (χ4n) is 3.90. The molecule has 10 nitrogen and oxygen atoms in total. The van der Waals surface area contributed by atoms with Crippen LogP contribution in [0, 0.1) is 0 Å². The molecular weight excluding hydrogens is 434 g/mol. The summed E-state index contributed by atoms with van der Waals surface area (Å²) in [6.45, 7) is 4.79. The van der Waals surface area contributed by atoms with Crippen LogP contribution in [0.4, 0.5) is 17.5 Å². The van der Waals surface area contributed by atoms with Crippen LogP contribution >= 0.6 is 11.6 Å². The molecule has 32 heavy (non-hydrogen) atoms. The molecule has 0 aromatic carbocycles. The highest BCUT2D eigenvalue weighted by Crippen LogP contribution is 2.34. The number of pyridine rings is 1. The zero-order chi connectivity index (χ0) is 22.7. The number of likely N-dealkylation sites (N-methyl/N-ethyl adjacent to an activating group) is 1. The first-order chi connectivity index (χ1) is 15.5. The number of fused-ring (bicyclic) bond motifs is 1. The second-order valence-corrected chi connectivity index (χ2v) is 8.39. The average Bonchev–Trinajstić information content (AvgIpc) is 2.92. The molecular formula is C21H28ClN7O3. The van der Waals surface area contributed by atoms with Crippen LogP contribution in [0.15, 0.2) is 12.3 Å². The van der Waals surface area contributed by atoms with Crippen molar-refractivity contribution < 1.29 is 14.3 Å². The summed E-state index contributed by atoms with van der Waals surface area (Å²) in [5, 5.41) is 0.574. The highest BCUT2D eigenvalue weighted by atomic mass is 35.5. The Kier molecular flexibility index (Phi) is 6.92. The lowest BCUT2D eigenvalue weighted by atomic mass is 10.2. The molecule has 0 bridgehead atoms. The molecule has 1 fully saturated rings. The number of carbonyl (C=O) groups excluding carboxylic acids is 1. The fraction of sp³-hybridized carbons (Fsp3) is 0.524. The van der Waals surface area contributed by atoms with Crippen LogP contribution in [-0.4, -0.2) is 79.3 Å². The van der Waals surface area contributed by atoms with Gasteiger partial charge in [0, 0.05) is 38.5 Å². The number of nitrogen functional groups attached to an aromatic ring is 1. The van der Waals surface area contributed by atoms with Crippen LogP contribution in [0.2, 0.25) is 5.02 Å². The molecule has 2 aliphatic rings. The third-order valence-corrected chi connectivity index (χ3v) is 5.92. The van der Waals surface area contributed by atoms with Gasteiger partial charge in [0.05, 0.1) is 24.6 Å². The van der Waals surface area contributed by atoms with Crippen molar-refractivity contribution in [2.45, 2.75) is 19.4 Å². The number of carbonyl (C=O) groups is 1. The minimum absolute atomic E-state index is 0.106. The van der Waals surface area contributed by atoms with E-state index in [4.69, 9.17) is 26.8 Å². The number of amides is 1. The van der Waals surface area contributed by atoms with Crippen molar-refractivity contribution >= 4 is 35.0 Å². The largest absolute Gasteiger partial charge is 0.461 e. The van der Waals surface area contributed by atoms with E-state index in [2.05, 4.69) is 31.8 Å². The fourth-order valence-corrected chi connectivity index (χ4v) is 4.21. The van der Waals surface area contributed by atoms with E-state index >= 15 is 0 Å². The van der Waals surface area contributed by atoms with Crippen molar-refractivity contribution in [2.24, 2.45) is 0 Å². The van der Waals surface area contributed by atoms with E-state index in [0.717, 1.165) is 44.0 Å². The van der Waals surface area contributed by atoms with E-state index in [1.165, 1.54) is 0 Å². The Morgan fingerprint density at radius 1 is 1.16 bits per heavy atom. The van der Waals surface area contributed by atoms with Gasteiger partial charge in [0.2, 0.25) is 5.91 Å². The van der Waals surface area contributed by atoms with Crippen LogP contribution in [0.25, 0.3) is 0 Å². The van der Waals surface area contributed by atoms with E-state index in [1.807, 2.05) is 6.07 Å². The van der Waals surface area contributed by atoms with Gasteiger partial charge >= 0.3 is 6.01 Å². The van der Waals surface area contributed by atoms with E-state index in [0.29, 0.717) is 23.0 Å². The maximum absolute atomic E-state index is 12.7. The van der Waals surface area contributed by atoms with Gasteiger partial charge in [-0.25, -0.2) is 4.98 Å². The van der Waals surface area contributed by atoms with Crippen LogP contribution in [0.3, 0.4) is 0 Å². The predicted octanol–water partition coefficient (Wildman–Crippen LogP) is 1.36. The molecule has 2 aromatic heterocycles. The quantitative estimate of drug-likeness (QED) is 0.611. The first kappa shape index (κ1) is 22.5. The summed E-state index contributed by atoms with van der Waals surface area (Å²) < 4.78 is 10.5. The highest BCUT2D eigenvalue weighted by molar-refractivity contribution is 6.33. The molecule has 2 aromatic rings. The lowest BCUT2D eigenvalue weighted by Crippen LogP contribution is -2.30. The van der Waals surface area contributed by atoms with Gasteiger partial charge in [0.1, 0.15) is 24.1 Å². The number of hydrogen-bond acceptors (Lipinski definition) is 9. The Morgan fingerprint density at radius 2 is 2.00 bits per heavy atom. The summed E-state index contributed by atoms with van der Waals surface area (Å²) in [6.07, 6.45) is 2.98. The SMILES string of the molecule is COCCOc1nc(N)c2c(n1)N(Cc1cnc(N3CCCN(C)CC3)c(Cl)c1)C(=O)C2. The van der Waals surface area contributed by atoms with Crippen LogP contribution < -0.4 is 20.3 Å². The van der Waals surface area contributed by atoms with Crippen molar-refractivity contribution in [1.82, 2.24) is 19.9 Å². The van der Waals surface area contributed by atoms with E-state index in [-0.39, 0.29) is 37.3 Å². The first-order valence-corrected chi connectivity index (χ1v) is 11.0. The molecule has 4 heterocycles. The summed E-state index contributed by atoms with van der Waals surface area (Å²) in [5.41, 5.74) is 7.48. The van der Waals surface area contributed by atoms with Crippen molar-refractivity contribution in [3.8, 4) is 6.01 Å². The number of methoxy groups -OCH3 is 1. The lowest BCUT2D eigenvalue weighted by Gasteiger charge is -2.23. The number of nitrogens with zero attached hydrogens (tertiary/aromatic N) is 6. The van der Waals surface area contributed by atoms with E-state index in [9.17, 15) is 4.79 Å². The third-order valence-electron chi connectivity index (χ3n) is 5.64. The predicted molar refractivity (Wildman–Crippen MR) is 122 cm³/mol.